The van der Waals surface area contributed by atoms with Gasteiger partial charge >= 0.3 is 0 Å². The first-order valence-corrected chi connectivity index (χ1v) is 5.98. The zero-order valence-electron chi connectivity index (χ0n) is 9.42. The van der Waals surface area contributed by atoms with Crippen molar-refractivity contribution in [2.45, 2.75) is 12.7 Å². The maximum Gasteiger partial charge on any atom is 0.147 e. The van der Waals surface area contributed by atoms with Gasteiger partial charge in [0.1, 0.15) is 5.82 Å². The number of rotatable bonds is 4. The third kappa shape index (κ3) is 3.64. The fraction of sp³-hybridized carbons (Fsp3) is 0.500. The molecule has 3 nitrogen and oxygen atoms in total. The fourth-order valence-corrected chi connectivity index (χ4v) is 1.88. The van der Waals surface area contributed by atoms with Crippen LogP contribution in [0.3, 0.4) is 0 Å². The summed E-state index contributed by atoms with van der Waals surface area (Å²) >= 11 is 5.68. The number of nitrogens with one attached hydrogen (secondary N) is 1. The van der Waals surface area contributed by atoms with E-state index in [9.17, 15) is 4.39 Å². The quantitative estimate of drug-likeness (QED) is 0.897. The highest BCUT2D eigenvalue weighted by molar-refractivity contribution is 6.30. The molecule has 1 aliphatic heterocycles. The SMILES string of the molecule is Fc1c(Cl)cccc1COCC1CNCCO1. The summed E-state index contributed by atoms with van der Waals surface area (Å²) < 4.78 is 24.4. The first-order valence-electron chi connectivity index (χ1n) is 5.60. The van der Waals surface area contributed by atoms with Crippen LogP contribution >= 0.6 is 11.6 Å². The van der Waals surface area contributed by atoms with E-state index >= 15 is 0 Å². The summed E-state index contributed by atoms with van der Waals surface area (Å²) in [6, 6.07) is 4.90. The molecule has 1 unspecified atom stereocenters. The Kier molecular flexibility index (Phi) is 4.74. The minimum Gasteiger partial charge on any atom is -0.374 e. The Bertz CT molecular complexity index is 370. The van der Waals surface area contributed by atoms with Crippen molar-refractivity contribution in [1.29, 1.82) is 0 Å². The van der Waals surface area contributed by atoms with Gasteiger partial charge in [0.15, 0.2) is 0 Å². The molecule has 2 rings (SSSR count). The molecule has 0 aliphatic carbocycles. The lowest BCUT2D eigenvalue weighted by molar-refractivity contribution is -0.0361. The van der Waals surface area contributed by atoms with Crippen LogP contribution in [-0.4, -0.2) is 32.4 Å². The molecule has 17 heavy (non-hydrogen) atoms. The van der Waals surface area contributed by atoms with Gasteiger partial charge in [-0.1, -0.05) is 23.7 Å². The lowest BCUT2D eigenvalue weighted by Gasteiger charge is -2.23. The number of ether oxygens (including phenoxy) is 2. The van der Waals surface area contributed by atoms with Gasteiger partial charge in [-0.05, 0) is 6.07 Å². The molecule has 1 aromatic carbocycles. The molecule has 0 saturated carbocycles. The van der Waals surface area contributed by atoms with Crippen molar-refractivity contribution in [3.63, 3.8) is 0 Å². The van der Waals surface area contributed by atoms with Crippen LogP contribution < -0.4 is 5.32 Å². The average molecular weight is 260 g/mol. The van der Waals surface area contributed by atoms with E-state index in [0.29, 0.717) is 18.8 Å². The molecule has 1 saturated heterocycles. The normalized spacial score (nSPS) is 20.5. The Morgan fingerprint density at radius 3 is 3.18 bits per heavy atom. The van der Waals surface area contributed by atoms with Crippen LogP contribution in [0.25, 0.3) is 0 Å². The molecule has 1 fully saturated rings. The average Bonchev–Trinajstić information content (AvgIpc) is 2.36. The third-order valence-corrected chi connectivity index (χ3v) is 2.89. The molecular formula is C12H15ClFNO2. The molecular weight excluding hydrogens is 245 g/mol. The van der Waals surface area contributed by atoms with E-state index in [4.69, 9.17) is 21.1 Å². The Hall–Kier alpha value is -0.680. The predicted octanol–water partition coefficient (Wildman–Crippen LogP) is 1.98. The lowest BCUT2D eigenvalue weighted by Crippen LogP contribution is -2.40. The second-order valence-electron chi connectivity index (χ2n) is 3.92. The summed E-state index contributed by atoms with van der Waals surface area (Å²) in [6.45, 7) is 3.02. The van der Waals surface area contributed by atoms with Crippen molar-refractivity contribution in [2.75, 3.05) is 26.3 Å². The summed E-state index contributed by atoms with van der Waals surface area (Å²) in [5.41, 5.74) is 0.473. The molecule has 0 bridgehead atoms. The third-order valence-electron chi connectivity index (χ3n) is 2.60. The van der Waals surface area contributed by atoms with Crippen molar-refractivity contribution in [1.82, 2.24) is 5.32 Å². The monoisotopic (exact) mass is 259 g/mol. The van der Waals surface area contributed by atoms with Crippen molar-refractivity contribution in [3.05, 3.63) is 34.6 Å². The van der Waals surface area contributed by atoms with Crippen LogP contribution in [0.4, 0.5) is 4.39 Å². The van der Waals surface area contributed by atoms with Gasteiger partial charge in [0.05, 0.1) is 30.9 Å². The Morgan fingerprint density at radius 2 is 2.41 bits per heavy atom. The van der Waals surface area contributed by atoms with Crippen LogP contribution in [0, 0.1) is 5.82 Å². The molecule has 0 amide bonds. The number of hydrogen-bond acceptors (Lipinski definition) is 3. The minimum atomic E-state index is -0.406. The van der Waals surface area contributed by atoms with E-state index in [1.165, 1.54) is 6.07 Å². The topological polar surface area (TPSA) is 30.5 Å². The molecule has 1 aromatic rings. The van der Waals surface area contributed by atoms with E-state index in [-0.39, 0.29) is 17.7 Å². The van der Waals surface area contributed by atoms with Crippen molar-refractivity contribution >= 4 is 11.6 Å². The summed E-state index contributed by atoms with van der Waals surface area (Å²) in [5, 5.41) is 3.33. The zero-order valence-corrected chi connectivity index (χ0v) is 10.2. The first kappa shape index (κ1) is 12.8. The molecule has 1 N–H and O–H groups in total. The standard InChI is InChI=1S/C12H15ClFNO2/c13-11-3-1-2-9(12(11)14)7-16-8-10-6-15-4-5-17-10/h1-3,10,15H,4-8H2. The Morgan fingerprint density at radius 1 is 1.53 bits per heavy atom. The van der Waals surface area contributed by atoms with E-state index in [1.54, 1.807) is 12.1 Å². The van der Waals surface area contributed by atoms with Crippen molar-refractivity contribution in [3.8, 4) is 0 Å². The van der Waals surface area contributed by atoms with E-state index in [2.05, 4.69) is 5.32 Å². The van der Waals surface area contributed by atoms with Crippen molar-refractivity contribution in [2.24, 2.45) is 0 Å². The van der Waals surface area contributed by atoms with Crippen molar-refractivity contribution < 1.29 is 13.9 Å². The van der Waals surface area contributed by atoms with Crippen LogP contribution in [0.1, 0.15) is 5.56 Å². The van der Waals surface area contributed by atoms with Gasteiger partial charge < -0.3 is 14.8 Å². The molecule has 0 aromatic heterocycles. The van der Waals surface area contributed by atoms with Gasteiger partial charge in [0.25, 0.3) is 0 Å². The maximum absolute atomic E-state index is 13.5. The number of halogens is 2. The van der Waals surface area contributed by atoms with Gasteiger partial charge in [-0.25, -0.2) is 4.39 Å². The highest BCUT2D eigenvalue weighted by Crippen LogP contribution is 2.18. The van der Waals surface area contributed by atoms with Gasteiger partial charge in [-0.3, -0.25) is 0 Å². The highest BCUT2D eigenvalue weighted by Gasteiger charge is 2.14. The highest BCUT2D eigenvalue weighted by atomic mass is 35.5. The predicted molar refractivity (Wildman–Crippen MR) is 63.7 cm³/mol. The smallest absolute Gasteiger partial charge is 0.147 e. The molecule has 5 heteroatoms. The molecule has 1 aliphatic rings. The van der Waals surface area contributed by atoms with E-state index in [1.807, 2.05) is 0 Å². The summed E-state index contributed by atoms with van der Waals surface area (Å²) in [6.07, 6.45) is 0.0472. The van der Waals surface area contributed by atoms with Gasteiger partial charge in [-0.2, -0.15) is 0 Å². The summed E-state index contributed by atoms with van der Waals surface area (Å²) in [7, 11) is 0. The Balaban J connectivity index is 1.79. The van der Waals surface area contributed by atoms with Gasteiger partial charge in [-0.15, -0.1) is 0 Å². The zero-order chi connectivity index (χ0) is 12.1. The first-order chi connectivity index (χ1) is 8.27. The maximum atomic E-state index is 13.5. The molecule has 1 atom stereocenters. The largest absolute Gasteiger partial charge is 0.374 e. The van der Waals surface area contributed by atoms with Crippen LogP contribution in [0.15, 0.2) is 18.2 Å². The fourth-order valence-electron chi connectivity index (χ4n) is 1.69. The summed E-state index contributed by atoms with van der Waals surface area (Å²) in [5.74, 6) is -0.406. The van der Waals surface area contributed by atoms with Crippen LogP contribution in [0.2, 0.25) is 5.02 Å². The van der Waals surface area contributed by atoms with Crippen LogP contribution in [-0.2, 0) is 16.1 Å². The van der Waals surface area contributed by atoms with E-state index < -0.39 is 5.82 Å². The molecule has 0 radical (unpaired) electrons. The number of benzene rings is 1. The van der Waals surface area contributed by atoms with Gasteiger partial charge in [0, 0.05) is 18.7 Å². The number of morpholine rings is 1. The van der Waals surface area contributed by atoms with Gasteiger partial charge in [0.2, 0.25) is 0 Å². The number of hydrogen-bond donors (Lipinski definition) is 1. The summed E-state index contributed by atoms with van der Waals surface area (Å²) in [4.78, 5) is 0. The second kappa shape index (κ2) is 6.31. The van der Waals surface area contributed by atoms with E-state index in [0.717, 1.165) is 13.1 Å². The van der Waals surface area contributed by atoms with Crippen LogP contribution in [0.5, 0.6) is 0 Å². The molecule has 94 valence electrons. The second-order valence-corrected chi connectivity index (χ2v) is 4.33. The lowest BCUT2D eigenvalue weighted by atomic mass is 10.2. The minimum absolute atomic E-state index is 0.0472. The molecule has 1 heterocycles. The molecule has 0 spiro atoms. The Labute approximate surface area is 105 Å².